The molecule has 0 amide bonds. The summed E-state index contributed by atoms with van der Waals surface area (Å²) in [6.07, 6.45) is -0.648. The maximum Gasteiger partial charge on any atom is 0.338 e. The number of aromatic amines is 1. The monoisotopic (exact) mass is 458 g/mol. The van der Waals surface area contributed by atoms with Crippen molar-refractivity contribution < 1.29 is 19.4 Å². The number of nitrogens with one attached hydrogen (secondary N) is 1. The Labute approximate surface area is 155 Å². The summed E-state index contributed by atoms with van der Waals surface area (Å²) in [5.41, 5.74) is -0.717. The number of halogens is 1. The zero-order chi connectivity index (χ0) is 18.0. The first-order valence-corrected chi connectivity index (χ1v) is 8.61. The van der Waals surface area contributed by atoms with E-state index in [0.29, 0.717) is 9.13 Å². The summed E-state index contributed by atoms with van der Waals surface area (Å²) < 4.78 is 12.6. The number of hydrogen-bond acceptors (Lipinski definition) is 6. The van der Waals surface area contributed by atoms with Gasteiger partial charge in [0, 0.05) is 12.6 Å². The summed E-state index contributed by atoms with van der Waals surface area (Å²) in [6.45, 7) is -0.363. The largest absolute Gasteiger partial charge is 0.456 e. The normalized spacial score (nSPS) is 22.7. The summed E-state index contributed by atoms with van der Waals surface area (Å²) in [5, 5.41) is 9.49. The van der Waals surface area contributed by atoms with Crippen LogP contribution in [0.25, 0.3) is 0 Å². The summed E-state index contributed by atoms with van der Waals surface area (Å²) in [4.78, 5) is 37.8. The maximum atomic E-state index is 12.2. The van der Waals surface area contributed by atoms with E-state index >= 15 is 0 Å². The van der Waals surface area contributed by atoms with Crippen LogP contribution in [0.5, 0.6) is 0 Å². The molecule has 0 saturated carbocycles. The molecule has 3 atom stereocenters. The van der Waals surface area contributed by atoms with E-state index in [1.807, 2.05) is 0 Å². The smallest absolute Gasteiger partial charge is 0.338 e. The summed E-state index contributed by atoms with van der Waals surface area (Å²) in [7, 11) is 0. The van der Waals surface area contributed by atoms with Crippen molar-refractivity contribution in [2.24, 2.45) is 0 Å². The lowest BCUT2D eigenvalue weighted by Crippen LogP contribution is -2.33. The number of benzene rings is 1. The molecule has 2 aromatic rings. The molecule has 9 heteroatoms. The minimum absolute atomic E-state index is 0.186. The second-order valence-corrected chi connectivity index (χ2v) is 6.66. The fraction of sp³-hybridized carbons (Fsp3) is 0.312. The highest BCUT2D eigenvalue weighted by molar-refractivity contribution is 14.1. The highest BCUT2D eigenvalue weighted by atomic mass is 127. The molecule has 1 saturated heterocycles. The number of aromatic nitrogens is 2. The Morgan fingerprint density at radius 3 is 2.76 bits per heavy atom. The highest BCUT2D eigenvalue weighted by Gasteiger charge is 2.39. The van der Waals surface area contributed by atoms with Gasteiger partial charge in [0.15, 0.2) is 0 Å². The molecule has 1 aromatic carbocycles. The van der Waals surface area contributed by atoms with Crippen LogP contribution in [0.1, 0.15) is 23.0 Å². The lowest BCUT2D eigenvalue weighted by Gasteiger charge is -2.16. The third kappa shape index (κ3) is 3.83. The van der Waals surface area contributed by atoms with Crippen molar-refractivity contribution in [2.75, 3.05) is 6.61 Å². The van der Waals surface area contributed by atoms with Crippen LogP contribution in [0.4, 0.5) is 0 Å². The van der Waals surface area contributed by atoms with Gasteiger partial charge in [-0.1, -0.05) is 18.2 Å². The highest BCUT2D eigenvalue weighted by Crippen LogP contribution is 2.30. The number of esters is 1. The number of rotatable bonds is 4. The molecule has 2 heterocycles. The van der Waals surface area contributed by atoms with Gasteiger partial charge in [-0.05, 0) is 34.7 Å². The van der Waals surface area contributed by atoms with E-state index in [4.69, 9.17) is 9.47 Å². The van der Waals surface area contributed by atoms with Crippen LogP contribution in [-0.4, -0.2) is 39.4 Å². The lowest BCUT2D eigenvalue weighted by atomic mass is 10.1. The van der Waals surface area contributed by atoms with E-state index in [2.05, 4.69) is 4.98 Å². The van der Waals surface area contributed by atoms with E-state index in [0.717, 1.165) is 0 Å². The van der Waals surface area contributed by atoms with Gasteiger partial charge in [0.2, 0.25) is 0 Å². The summed E-state index contributed by atoms with van der Waals surface area (Å²) in [5.74, 6) is -0.531. The van der Waals surface area contributed by atoms with Crippen LogP contribution in [0, 0.1) is 3.57 Å². The minimum atomic E-state index is -0.755. The molecule has 0 bridgehead atoms. The van der Waals surface area contributed by atoms with E-state index in [1.165, 1.54) is 10.8 Å². The predicted octanol–water partition coefficient (Wildman–Crippen LogP) is 0.647. The Morgan fingerprint density at radius 2 is 2.08 bits per heavy atom. The third-order valence-corrected chi connectivity index (χ3v) is 4.63. The number of ether oxygens (including phenoxy) is 2. The van der Waals surface area contributed by atoms with Crippen LogP contribution in [0.3, 0.4) is 0 Å². The fourth-order valence-electron chi connectivity index (χ4n) is 2.61. The molecule has 2 N–H and O–H groups in total. The SMILES string of the molecule is O=C(OC1CC(n2cc(I)c(=O)[nH]c2=O)OC1CO)c1ccccc1. The lowest BCUT2D eigenvalue weighted by molar-refractivity contribution is -0.0522. The van der Waals surface area contributed by atoms with Crippen LogP contribution in [0.15, 0.2) is 46.1 Å². The van der Waals surface area contributed by atoms with Gasteiger partial charge in [0.1, 0.15) is 18.4 Å². The number of H-pyrrole nitrogens is 1. The van der Waals surface area contributed by atoms with Crippen LogP contribution >= 0.6 is 22.6 Å². The van der Waals surface area contributed by atoms with Gasteiger partial charge in [-0.15, -0.1) is 0 Å². The number of hydrogen-bond donors (Lipinski definition) is 2. The molecule has 0 aliphatic carbocycles. The van der Waals surface area contributed by atoms with Crippen molar-refractivity contribution in [1.82, 2.24) is 9.55 Å². The molecule has 1 fully saturated rings. The number of aliphatic hydroxyl groups excluding tert-OH is 1. The standard InChI is InChI=1S/C16H15IN2O6/c17-10-7-19(16(23)18-14(10)21)13-6-11(12(8-20)24-13)25-15(22)9-4-2-1-3-5-9/h1-5,7,11-13,20H,6,8H2,(H,18,21,23). The van der Waals surface area contributed by atoms with E-state index in [9.17, 15) is 19.5 Å². The van der Waals surface area contributed by atoms with Gasteiger partial charge in [-0.25, -0.2) is 9.59 Å². The third-order valence-electron chi connectivity index (χ3n) is 3.86. The molecule has 132 valence electrons. The van der Waals surface area contributed by atoms with Crippen molar-refractivity contribution in [3.8, 4) is 0 Å². The molecular weight excluding hydrogens is 443 g/mol. The molecule has 3 unspecified atom stereocenters. The number of nitrogens with zero attached hydrogens (tertiary/aromatic N) is 1. The Hall–Kier alpha value is -1.98. The Morgan fingerprint density at radius 1 is 1.36 bits per heavy atom. The number of aliphatic hydroxyl groups is 1. The number of carbonyl (C=O) groups excluding carboxylic acids is 1. The zero-order valence-electron chi connectivity index (χ0n) is 12.9. The first-order chi connectivity index (χ1) is 12.0. The van der Waals surface area contributed by atoms with E-state index in [-0.39, 0.29) is 13.0 Å². The Balaban J connectivity index is 1.79. The molecular formula is C16H15IN2O6. The molecule has 0 spiro atoms. The maximum absolute atomic E-state index is 12.2. The minimum Gasteiger partial charge on any atom is -0.456 e. The predicted molar refractivity (Wildman–Crippen MR) is 95.3 cm³/mol. The van der Waals surface area contributed by atoms with Crippen molar-refractivity contribution in [3.05, 3.63) is 66.5 Å². The molecule has 1 aliphatic heterocycles. The van der Waals surface area contributed by atoms with Crippen molar-refractivity contribution in [1.29, 1.82) is 0 Å². The van der Waals surface area contributed by atoms with Crippen LogP contribution in [-0.2, 0) is 9.47 Å². The number of carbonyl (C=O) groups is 1. The van der Waals surface area contributed by atoms with Crippen molar-refractivity contribution >= 4 is 28.6 Å². The first-order valence-electron chi connectivity index (χ1n) is 7.53. The average Bonchev–Trinajstić information content (AvgIpc) is 3.01. The van der Waals surface area contributed by atoms with Gasteiger partial charge in [0.05, 0.1) is 15.7 Å². The molecule has 0 radical (unpaired) electrons. The topological polar surface area (TPSA) is 111 Å². The van der Waals surface area contributed by atoms with E-state index < -0.39 is 35.7 Å². The van der Waals surface area contributed by atoms with Gasteiger partial charge in [-0.3, -0.25) is 14.3 Å². The second-order valence-electron chi connectivity index (χ2n) is 5.50. The van der Waals surface area contributed by atoms with Gasteiger partial charge in [0.25, 0.3) is 5.56 Å². The van der Waals surface area contributed by atoms with Crippen molar-refractivity contribution in [2.45, 2.75) is 24.9 Å². The molecule has 25 heavy (non-hydrogen) atoms. The fourth-order valence-corrected chi connectivity index (χ4v) is 3.05. The van der Waals surface area contributed by atoms with Gasteiger partial charge < -0.3 is 14.6 Å². The first kappa shape index (κ1) is 17.8. The van der Waals surface area contributed by atoms with Gasteiger partial charge >= 0.3 is 11.7 Å². The molecule has 3 rings (SSSR count). The molecule has 8 nitrogen and oxygen atoms in total. The average molecular weight is 458 g/mol. The quantitative estimate of drug-likeness (QED) is 0.515. The van der Waals surface area contributed by atoms with Crippen molar-refractivity contribution in [3.63, 3.8) is 0 Å². The molecule has 1 aliphatic rings. The Kier molecular flexibility index (Phi) is 5.35. The van der Waals surface area contributed by atoms with E-state index in [1.54, 1.807) is 52.9 Å². The van der Waals surface area contributed by atoms with Gasteiger partial charge in [-0.2, -0.15) is 0 Å². The van der Waals surface area contributed by atoms with Crippen LogP contribution in [0.2, 0.25) is 0 Å². The molecule has 1 aromatic heterocycles. The summed E-state index contributed by atoms with van der Waals surface area (Å²) in [6, 6.07) is 8.47. The second kappa shape index (κ2) is 7.50. The Bertz CT molecular complexity index is 878. The summed E-state index contributed by atoms with van der Waals surface area (Å²) >= 11 is 1.81. The van der Waals surface area contributed by atoms with Crippen LogP contribution < -0.4 is 11.2 Å². The zero-order valence-corrected chi connectivity index (χ0v) is 15.1.